The number of hydrogen-bond acceptors (Lipinski definition) is 2. The fraction of sp³-hybridized carbons (Fsp3) is 0.889. The summed E-state index contributed by atoms with van der Waals surface area (Å²) >= 11 is 0. The van der Waals surface area contributed by atoms with Crippen LogP contribution in [0.1, 0.15) is 32.6 Å². The lowest BCUT2D eigenvalue weighted by atomic mass is 9.96. The van der Waals surface area contributed by atoms with Crippen molar-refractivity contribution in [3.05, 3.63) is 0 Å². The first kappa shape index (κ1) is 9.52. The fourth-order valence-electron chi connectivity index (χ4n) is 1.56. The molecule has 0 aromatic rings. The van der Waals surface area contributed by atoms with Gasteiger partial charge in [-0.05, 0) is 31.1 Å². The fourth-order valence-corrected chi connectivity index (χ4v) is 1.56. The average Bonchev–Trinajstić information content (AvgIpc) is 2.63. The van der Waals surface area contributed by atoms with Crippen molar-refractivity contribution in [2.45, 2.75) is 38.6 Å². The third-order valence-corrected chi connectivity index (χ3v) is 2.43. The zero-order valence-corrected chi connectivity index (χ0v) is 7.49. The van der Waals surface area contributed by atoms with Crippen molar-refractivity contribution in [1.29, 1.82) is 0 Å². The molecule has 1 saturated carbocycles. The Balaban J connectivity index is 2.15. The van der Waals surface area contributed by atoms with Gasteiger partial charge in [0.15, 0.2) is 0 Å². The van der Waals surface area contributed by atoms with Gasteiger partial charge in [0, 0.05) is 12.5 Å². The van der Waals surface area contributed by atoms with Crippen LogP contribution in [0.25, 0.3) is 0 Å². The highest BCUT2D eigenvalue weighted by molar-refractivity contribution is 5.66. The van der Waals surface area contributed by atoms with Gasteiger partial charge >= 0.3 is 5.97 Å². The molecule has 0 aromatic carbocycles. The van der Waals surface area contributed by atoms with E-state index in [-0.39, 0.29) is 18.4 Å². The number of carboxylic acids is 1. The molecule has 0 amide bonds. The summed E-state index contributed by atoms with van der Waals surface area (Å²) in [6.07, 6.45) is 3.58. The SMILES string of the molecule is CC(CC(=O)O)CC(N)C1CC1. The molecule has 3 N–H and O–H groups in total. The van der Waals surface area contributed by atoms with Crippen molar-refractivity contribution >= 4 is 5.97 Å². The van der Waals surface area contributed by atoms with Gasteiger partial charge in [0.2, 0.25) is 0 Å². The maximum absolute atomic E-state index is 10.3. The number of carboxylic acid groups (broad SMARTS) is 1. The molecule has 3 heteroatoms. The highest BCUT2D eigenvalue weighted by Gasteiger charge is 2.29. The van der Waals surface area contributed by atoms with Gasteiger partial charge in [-0.2, -0.15) is 0 Å². The average molecular weight is 171 g/mol. The zero-order chi connectivity index (χ0) is 9.14. The van der Waals surface area contributed by atoms with Crippen LogP contribution in [0.3, 0.4) is 0 Å². The summed E-state index contributed by atoms with van der Waals surface area (Å²) in [7, 11) is 0. The molecular weight excluding hydrogens is 154 g/mol. The number of aliphatic carboxylic acids is 1. The molecule has 1 rings (SSSR count). The Kier molecular flexibility index (Phi) is 3.09. The molecule has 12 heavy (non-hydrogen) atoms. The minimum Gasteiger partial charge on any atom is -0.481 e. The van der Waals surface area contributed by atoms with E-state index in [1.165, 1.54) is 12.8 Å². The zero-order valence-electron chi connectivity index (χ0n) is 7.49. The highest BCUT2D eigenvalue weighted by atomic mass is 16.4. The van der Waals surface area contributed by atoms with Crippen molar-refractivity contribution in [3.63, 3.8) is 0 Å². The summed E-state index contributed by atoms with van der Waals surface area (Å²) in [6, 6.07) is 0.236. The van der Waals surface area contributed by atoms with Crippen LogP contribution in [0, 0.1) is 11.8 Å². The number of nitrogens with two attached hydrogens (primary N) is 1. The molecule has 0 radical (unpaired) electrons. The first-order valence-corrected chi connectivity index (χ1v) is 4.57. The lowest BCUT2D eigenvalue weighted by molar-refractivity contribution is -0.138. The van der Waals surface area contributed by atoms with E-state index < -0.39 is 5.97 Å². The Morgan fingerprint density at radius 1 is 1.67 bits per heavy atom. The van der Waals surface area contributed by atoms with Crippen LogP contribution in [0.5, 0.6) is 0 Å². The quantitative estimate of drug-likeness (QED) is 0.653. The Bertz CT molecular complexity index is 166. The van der Waals surface area contributed by atoms with Gasteiger partial charge < -0.3 is 10.8 Å². The molecule has 0 saturated heterocycles. The molecular formula is C9H17NO2. The van der Waals surface area contributed by atoms with E-state index in [0.717, 1.165) is 6.42 Å². The van der Waals surface area contributed by atoms with Crippen molar-refractivity contribution < 1.29 is 9.90 Å². The van der Waals surface area contributed by atoms with Crippen molar-refractivity contribution in [1.82, 2.24) is 0 Å². The number of rotatable bonds is 5. The molecule has 70 valence electrons. The van der Waals surface area contributed by atoms with Crippen molar-refractivity contribution in [2.24, 2.45) is 17.6 Å². The lowest BCUT2D eigenvalue weighted by Gasteiger charge is -2.14. The molecule has 0 bridgehead atoms. The third-order valence-electron chi connectivity index (χ3n) is 2.43. The van der Waals surface area contributed by atoms with E-state index in [4.69, 9.17) is 10.8 Å². The molecule has 2 atom stereocenters. The molecule has 2 unspecified atom stereocenters. The smallest absolute Gasteiger partial charge is 0.303 e. The van der Waals surface area contributed by atoms with E-state index in [2.05, 4.69) is 0 Å². The Hall–Kier alpha value is -0.570. The largest absolute Gasteiger partial charge is 0.481 e. The van der Waals surface area contributed by atoms with Crippen LogP contribution >= 0.6 is 0 Å². The van der Waals surface area contributed by atoms with Gasteiger partial charge in [0.05, 0.1) is 0 Å². The molecule has 0 spiro atoms. The second-order valence-electron chi connectivity index (χ2n) is 3.94. The van der Waals surface area contributed by atoms with Gasteiger partial charge in [-0.1, -0.05) is 6.92 Å². The normalized spacial score (nSPS) is 21.8. The Morgan fingerprint density at radius 2 is 2.25 bits per heavy atom. The van der Waals surface area contributed by atoms with E-state index in [9.17, 15) is 4.79 Å². The topological polar surface area (TPSA) is 63.3 Å². The summed E-state index contributed by atoms with van der Waals surface area (Å²) < 4.78 is 0. The standard InChI is InChI=1S/C9H17NO2/c1-6(5-9(11)12)4-8(10)7-2-3-7/h6-8H,2-5,10H2,1H3,(H,11,12). The molecule has 0 aromatic heterocycles. The summed E-state index contributed by atoms with van der Waals surface area (Å²) in [5.41, 5.74) is 5.86. The van der Waals surface area contributed by atoms with E-state index in [0.29, 0.717) is 5.92 Å². The van der Waals surface area contributed by atoms with Crippen LogP contribution in [0.15, 0.2) is 0 Å². The van der Waals surface area contributed by atoms with Gasteiger partial charge in [-0.3, -0.25) is 4.79 Å². The third kappa shape index (κ3) is 3.22. The van der Waals surface area contributed by atoms with Crippen LogP contribution in [0.2, 0.25) is 0 Å². The van der Waals surface area contributed by atoms with E-state index in [1.54, 1.807) is 0 Å². The maximum atomic E-state index is 10.3. The summed E-state index contributed by atoms with van der Waals surface area (Å²) in [4.78, 5) is 10.3. The van der Waals surface area contributed by atoms with Gasteiger partial charge in [-0.25, -0.2) is 0 Å². The summed E-state index contributed by atoms with van der Waals surface area (Å²) in [5.74, 6) is 0.185. The van der Waals surface area contributed by atoms with E-state index in [1.807, 2.05) is 6.92 Å². The minimum atomic E-state index is -0.717. The second kappa shape index (κ2) is 3.90. The molecule has 1 aliphatic carbocycles. The first-order valence-electron chi connectivity index (χ1n) is 4.57. The van der Waals surface area contributed by atoms with Gasteiger partial charge in [-0.15, -0.1) is 0 Å². The number of carbonyl (C=O) groups is 1. The number of hydrogen-bond donors (Lipinski definition) is 2. The first-order chi connectivity index (χ1) is 5.59. The van der Waals surface area contributed by atoms with Crippen molar-refractivity contribution in [2.75, 3.05) is 0 Å². The summed E-state index contributed by atoms with van der Waals surface area (Å²) in [6.45, 7) is 1.95. The predicted octanol–water partition coefficient (Wildman–Crippen LogP) is 1.22. The molecule has 3 nitrogen and oxygen atoms in total. The van der Waals surface area contributed by atoms with Gasteiger partial charge in [0.1, 0.15) is 0 Å². The maximum Gasteiger partial charge on any atom is 0.303 e. The van der Waals surface area contributed by atoms with E-state index >= 15 is 0 Å². The van der Waals surface area contributed by atoms with Crippen LogP contribution in [-0.4, -0.2) is 17.1 Å². The van der Waals surface area contributed by atoms with Crippen LogP contribution in [-0.2, 0) is 4.79 Å². The Morgan fingerprint density at radius 3 is 2.67 bits per heavy atom. The van der Waals surface area contributed by atoms with Crippen molar-refractivity contribution in [3.8, 4) is 0 Å². The van der Waals surface area contributed by atoms with Crippen LogP contribution < -0.4 is 5.73 Å². The lowest BCUT2D eigenvalue weighted by Crippen LogP contribution is -2.25. The molecule has 1 aliphatic rings. The second-order valence-corrected chi connectivity index (χ2v) is 3.94. The van der Waals surface area contributed by atoms with Crippen LogP contribution in [0.4, 0.5) is 0 Å². The predicted molar refractivity (Wildman–Crippen MR) is 46.7 cm³/mol. The molecule has 0 aliphatic heterocycles. The summed E-state index contributed by atoms with van der Waals surface area (Å²) in [5, 5.41) is 8.51. The minimum absolute atomic E-state index is 0.220. The van der Waals surface area contributed by atoms with Gasteiger partial charge in [0.25, 0.3) is 0 Å². The monoisotopic (exact) mass is 171 g/mol. The molecule has 0 heterocycles. The highest BCUT2D eigenvalue weighted by Crippen LogP contribution is 2.34. The Labute approximate surface area is 72.9 Å². The molecule has 1 fully saturated rings.